The van der Waals surface area contributed by atoms with Crippen LogP contribution in [0, 0.1) is 10.1 Å². The molecule has 1 aromatic heterocycles. The van der Waals surface area contributed by atoms with E-state index in [4.69, 9.17) is 0 Å². The van der Waals surface area contributed by atoms with Crippen LogP contribution >= 0.6 is 11.8 Å². The Labute approximate surface area is 130 Å². The summed E-state index contributed by atoms with van der Waals surface area (Å²) in [5, 5.41) is 19.0. The summed E-state index contributed by atoms with van der Waals surface area (Å²) in [7, 11) is 1.75. The van der Waals surface area contributed by atoms with Gasteiger partial charge in [-0.1, -0.05) is 27.7 Å². The number of anilines is 1. The van der Waals surface area contributed by atoms with E-state index in [0.717, 1.165) is 12.8 Å². The zero-order valence-corrected chi connectivity index (χ0v) is 14.6. The molecule has 0 bridgehead atoms. The Morgan fingerprint density at radius 2 is 2.00 bits per heavy atom. The van der Waals surface area contributed by atoms with Gasteiger partial charge in [0.1, 0.15) is 5.69 Å². The summed E-state index contributed by atoms with van der Waals surface area (Å²) in [5.74, 6) is 0.527. The molecule has 0 radical (unpaired) electrons. The Bertz CT molecular complexity index is 487. The molecule has 0 unspecified atom stereocenters. The highest BCUT2D eigenvalue weighted by molar-refractivity contribution is 8.00. The highest BCUT2D eigenvalue weighted by Crippen LogP contribution is 2.35. The Morgan fingerprint density at radius 1 is 1.43 bits per heavy atom. The Balaban J connectivity index is 3.11. The van der Waals surface area contributed by atoms with Crippen LogP contribution in [0.3, 0.4) is 0 Å². The maximum absolute atomic E-state index is 11.4. The van der Waals surface area contributed by atoms with E-state index in [1.807, 2.05) is 25.6 Å². The summed E-state index contributed by atoms with van der Waals surface area (Å²) >= 11 is 1.81. The minimum Gasteiger partial charge on any atom is -0.363 e. The van der Waals surface area contributed by atoms with Crippen molar-refractivity contribution in [1.82, 2.24) is 9.78 Å². The van der Waals surface area contributed by atoms with E-state index < -0.39 is 0 Å². The molecule has 0 amide bonds. The summed E-state index contributed by atoms with van der Waals surface area (Å²) < 4.78 is 1.68. The molecule has 0 fully saturated rings. The summed E-state index contributed by atoms with van der Waals surface area (Å²) in [6.07, 6.45) is 4.12. The first-order chi connectivity index (χ1) is 9.81. The summed E-state index contributed by atoms with van der Waals surface area (Å²) in [6, 6.07) is 0. The van der Waals surface area contributed by atoms with Crippen molar-refractivity contribution in [2.45, 2.75) is 51.2 Å². The van der Waals surface area contributed by atoms with E-state index in [9.17, 15) is 10.1 Å². The van der Waals surface area contributed by atoms with Crippen LogP contribution in [-0.2, 0) is 7.05 Å². The minimum absolute atomic E-state index is 0.0230. The first kappa shape index (κ1) is 17.8. The number of nitrogens with one attached hydrogen (secondary N) is 1. The molecule has 0 aliphatic heterocycles. The van der Waals surface area contributed by atoms with Crippen LogP contribution in [0.25, 0.3) is 0 Å². The largest absolute Gasteiger partial charge is 0.363 e. The lowest BCUT2D eigenvalue weighted by molar-refractivity contribution is -0.384. The fraction of sp³-hybridized carbons (Fsp3) is 0.786. The third kappa shape index (κ3) is 3.70. The first-order valence-corrected chi connectivity index (χ1v) is 8.54. The lowest BCUT2D eigenvalue weighted by Gasteiger charge is -2.30. The second kappa shape index (κ2) is 7.15. The van der Waals surface area contributed by atoms with Gasteiger partial charge in [0, 0.05) is 24.3 Å². The van der Waals surface area contributed by atoms with Gasteiger partial charge in [-0.2, -0.15) is 16.9 Å². The van der Waals surface area contributed by atoms with Crippen molar-refractivity contribution in [2.75, 3.05) is 18.1 Å². The average Bonchev–Trinajstić information content (AvgIpc) is 2.78. The molecule has 0 aromatic carbocycles. The predicted molar refractivity (Wildman–Crippen MR) is 89.3 cm³/mol. The van der Waals surface area contributed by atoms with E-state index in [0.29, 0.717) is 18.1 Å². The first-order valence-electron chi connectivity index (χ1n) is 7.32. The molecule has 1 aromatic rings. The van der Waals surface area contributed by atoms with Crippen molar-refractivity contribution in [3.05, 3.63) is 15.8 Å². The van der Waals surface area contributed by atoms with Gasteiger partial charge in [-0.25, -0.2) is 4.68 Å². The molecule has 0 spiro atoms. The molecule has 0 aliphatic carbocycles. The number of aryl methyl sites for hydroxylation is 1. The molecule has 120 valence electrons. The summed E-state index contributed by atoms with van der Waals surface area (Å²) in [6.45, 7) is 8.84. The van der Waals surface area contributed by atoms with Crippen LogP contribution in [0.1, 0.15) is 52.1 Å². The van der Waals surface area contributed by atoms with E-state index >= 15 is 0 Å². The van der Waals surface area contributed by atoms with Crippen LogP contribution in [0.4, 0.5) is 11.5 Å². The Morgan fingerprint density at radius 3 is 2.38 bits per heavy atom. The van der Waals surface area contributed by atoms with E-state index in [1.54, 1.807) is 11.7 Å². The molecule has 1 rings (SSSR count). The van der Waals surface area contributed by atoms with Crippen molar-refractivity contribution in [1.29, 1.82) is 0 Å². The highest BCUT2D eigenvalue weighted by atomic mass is 32.2. The van der Waals surface area contributed by atoms with E-state index in [1.165, 1.54) is 0 Å². The van der Waals surface area contributed by atoms with Crippen molar-refractivity contribution in [3.63, 3.8) is 0 Å². The molecule has 1 N–H and O–H groups in total. The molecule has 6 nitrogen and oxygen atoms in total. The third-order valence-electron chi connectivity index (χ3n) is 4.08. The van der Waals surface area contributed by atoms with Gasteiger partial charge < -0.3 is 5.32 Å². The molecule has 1 heterocycles. The smallest absolute Gasteiger partial charge is 0.334 e. The molecule has 7 heteroatoms. The van der Waals surface area contributed by atoms with Gasteiger partial charge in [0.15, 0.2) is 0 Å². The number of hydrogen-bond acceptors (Lipinski definition) is 5. The zero-order chi connectivity index (χ0) is 16.2. The van der Waals surface area contributed by atoms with Crippen LogP contribution in [0.2, 0.25) is 0 Å². The fourth-order valence-electron chi connectivity index (χ4n) is 2.41. The Hall–Kier alpha value is -1.24. The zero-order valence-electron chi connectivity index (χ0n) is 13.8. The minimum atomic E-state index is -0.330. The van der Waals surface area contributed by atoms with Gasteiger partial charge in [0.25, 0.3) is 0 Å². The SMILES string of the molecule is CCC(CC)(CNc1c([N+](=O)[O-])c(C(C)C)nn1C)SC. The molecule has 0 atom stereocenters. The summed E-state index contributed by atoms with van der Waals surface area (Å²) in [5.41, 5.74) is 0.641. The van der Waals surface area contributed by atoms with Crippen molar-refractivity contribution >= 4 is 23.3 Å². The maximum Gasteiger partial charge on any atom is 0.334 e. The number of hydrogen-bond donors (Lipinski definition) is 1. The number of nitrogens with zero attached hydrogens (tertiary/aromatic N) is 3. The van der Waals surface area contributed by atoms with Gasteiger partial charge in [0.05, 0.1) is 4.92 Å². The van der Waals surface area contributed by atoms with Crippen LogP contribution in [0.15, 0.2) is 0 Å². The van der Waals surface area contributed by atoms with Crippen LogP contribution in [-0.4, -0.2) is 32.3 Å². The average molecular weight is 314 g/mol. The molecule has 0 saturated carbocycles. The van der Waals surface area contributed by atoms with Gasteiger partial charge in [-0.3, -0.25) is 10.1 Å². The third-order valence-corrected chi connectivity index (χ3v) is 5.67. The highest BCUT2D eigenvalue weighted by Gasteiger charge is 2.31. The van der Waals surface area contributed by atoms with Crippen LogP contribution in [0.5, 0.6) is 0 Å². The molecular formula is C14H26N4O2S. The second-order valence-electron chi connectivity index (χ2n) is 5.57. The fourth-order valence-corrected chi connectivity index (χ4v) is 3.20. The second-order valence-corrected chi connectivity index (χ2v) is 6.84. The van der Waals surface area contributed by atoms with Gasteiger partial charge in [0.2, 0.25) is 5.82 Å². The number of thioether (sulfide) groups is 1. The molecule has 0 aliphatic rings. The van der Waals surface area contributed by atoms with Crippen LogP contribution < -0.4 is 5.32 Å². The quantitative estimate of drug-likeness (QED) is 0.584. The van der Waals surface area contributed by atoms with E-state index in [2.05, 4.69) is 30.5 Å². The predicted octanol–water partition coefficient (Wildman–Crippen LogP) is 3.79. The Kier molecular flexibility index (Phi) is 6.07. The number of rotatable bonds is 8. The van der Waals surface area contributed by atoms with Gasteiger partial charge in [-0.15, -0.1) is 0 Å². The van der Waals surface area contributed by atoms with Crippen molar-refractivity contribution in [3.8, 4) is 0 Å². The normalized spacial score (nSPS) is 12.0. The van der Waals surface area contributed by atoms with Gasteiger partial charge >= 0.3 is 5.69 Å². The maximum atomic E-state index is 11.4. The molecular weight excluding hydrogens is 288 g/mol. The monoisotopic (exact) mass is 314 g/mol. The molecule has 21 heavy (non-hydrogen) atoms. The van der Waals surface area contributed by atoms with Crippen molar-refractivity contribution < 1.29 is 4.92 Å². The lowest BCUT2D eigenvalue weighted by Crippen LogP contribution is -2.32. The number of aromatic nitrogens is 2. The topological polar surface area (TPSA) is 73.0 Å². The van der Waals surface area contributed by atoms with E-state index in [-0.39, 0.29) is 21.3 Å². The lowest BCUT2D eigenvalue weighted by atomic mass is 10.0. The standard InChI is InChI=1S/C14H26N4O2S/c1-7-14(8-2,21-6)9-15-13-12(18(19)20)11(10(3)4)16-17(13)5/h10,15H,7-9H2,1-6H3. The van der Waals surface area contributed by atoms with Gasteiger partial charge in [-0.05, 0) is 19.1 Å². The summed E-state index contributed by atoms with van der Waals surface area (Å²) in [4.78, 5) is 11.1. The number of nitro groups is 1. The molecule has 0 saturated heterocycles. The van der Waals surface area contributed by atoms with Crippen molar-refractivity contribution in [2.24, 2.45) is 7.05 Å².